The van der Waals surface area contributed by atoms with Crippen molar-refractivity contribution in [1.29, 1.82) is 0 Å². The third-order valence-corrected chi connectivity index (χ3v) is 4.36. The minimum Gasteiger partial charge on any atom is -0.255 e. The summed E-state index contributed by atoms with van der Waals surface area (Å²) in [6.45, 7) is 4.03. The topological polar surface area (TPSA) is 56.0 Å². The first kappa shape index (κ1) is 13.6. The SMILES string of the molecule is Cc1ccc(I)cc1-c1nnc2c(C)nc3cccnc3n12. The number of aryl methyl sites for hydroxylation is 2. The molecule has 3 aromatic heterocycles. The van der Waals surface area contributed by atoms with Gasteiger partial charge in [0.2, 0.25) is 0 Å². The molecule has 4 aromatic rings. The van der Waals surface area contributed by atoms with Crippen molar-refractivity contribution < 1.29 is 0 Å². The molecule has 4 rings (SSSR count). The minimum absolute atomic E-state index is 0.750. The van der Waals surface area contributed by atoms with Crippen molar-refractivity contribution in [2.45, 2.75) is 13.8 Å². The lowest BCUT2D eigenvalue weighted by Gasteiger charge is -2.07. The highest BCUT2D eigenvalue weighted by Gasteiger charge is 2.16. The van der Waals surface area contributed by atoms with Gasteiger partial charge in [-0.3, -0.25) is 4.40 Å². The lowest BCUT2D eigenvalue weighted by atomic mass is 10.1. The van der Waals surface area contributed by atoms with E-state index < -0.39 is 0 Å². The fraction of sp³-hybridized carbons (Fsp3) is 0.125. The lowest BCUT2D eigenvalue weighted by Crippen LogP contribution is -2.00. The van der Waals surface area contributed by atoms with Gasteiger partial charge in [-0.1, -0.05) is 6.07 Å². The number of rotatable bonds is 1. The number of halogens is 1. The van der Waals surface area contributed by atoms with E-state index in [-0.39, 0.29) is 0 Å². The smallest absolute Gasteiger partial charge is 0.184 e. The molecular weight excluding hydrogens is 389 g/mol. The molecule has 0 bridgehead atoms. The average Bonchev–Trinajstić information content (AvgIpc) is 2.95. The zero-order valence-corrected chi connectivity index (χ0v) is 14.2. The number of hydrogen-bond acceptors (Lipinski definition) is 4. The number of nitrogens with zero attached hydrogens (tertiary/aromatic N) is 5. The van der Waals surface area contributed by atoms with Crippen molar-refractivity contribution in [1.82, 2.24) is 24.6 Å². The van der Waals surface area contributed by atoms with Gasteiger partial charge in [0.25, 0.3) is 0 Å². The average molecular weight is 401 g/mol. The molecule has 0 atom stereocenters. The standard InChI is InChI=1S/C16H12IN5/c1-9-5-6-11(17)8-12(9)15-21-20-14-10(2)19-13-4-3-7-18-16(13)22(14)15/h3-8H,1-2H3. The normalized spacial score (nSPS) is 11.4. The van der Waals surface area contributed by atoms with Crippen molar-refractivity contribution in [2.24, 2.45) is 0 Å². The predicted octanol–water partition coefficient (Wildman–Crippen LogP) is 3.56. The maximum absolute atomic E-state index is 4.56. The van der Waals surface area contributed by atoms with Crippen LogP contribution >= 0.6 is 22.6 Å². The molecule has 0 fully saturated rings. The van der Waals surface area contributed by atoms with Gasteiger partial charge in [-0.2, -0.15) is 0 Å². The van der Waals surface area contributed by atoms with Crippen LogP contribution in [0.5, 0.6) is 0 Å². The molecule has 22 heavy (non-hydrogen) atoms. The van der Waals surface area contributed by atoms with Crippen molar-refractivity contribution in [3.63, 3.8) is 0 Å². The second-order valence-corrected chi connectivity index (χ2v) is 6.43. The van der Waals surface area contributed by atoms with Gasteiger partial charge in [0.15, 0.2) is 17.1 Å². The van der Waals surface area contributed by atoms with Crippen LogP contribution in [0.1, 0.15) is 11.3 Å². The van der Waals surface area contributed by atoms with Crippen LogP contribution in [0.15, 0.2) is 36.5 Å². The molecule has 0 N–H and O–H groups in total. The van der Waals surface area contributed by atoms with Gasteiger partial charge >= 0.3 is 0 Å². The molecule has 0 unspecified atom stereocenters. The number of aromatic nitrogens is 5. The molecule has 0 aliphatic rings. The van der Waals surface area contributed by atoms with E-state index in [9.17, 15) is 0 Å². The molecular formula is C16H12IN5. The summed E-state index contributed by atoms with van der Waals surface area (Å²) in [6, 6.07) is 10.2. The molecule has 1 aromatic carbocycles. The molecule has 0 amide bonds. The number of fused-ring (bicyclic) bond motifs is 3. The van der Waals surface area contributed by atoms with Crippen LogP contribution in [0.2, 0.25) is 0 Å². The molecule has 0 spiro atoms. The summed E-state index contributed by atoms with van der Waals surface area (Å²) in [5.74, 6) is 0.806. The van der Waals surface area contributed by atoms with Crippen molar-refractivity contribution in [2.75, 3.05) is 0 Å². The third-order valence-electron chi connectivity index (χ3n) is 3.69. The molecule has 3 heterocycles. The van der Waals surface area contributed by atoms with Gasteiger partial charge < -0.3 is 0 Å². The summed E-state index contributed by atoms with van der Waals surface area (Å²) in [4.78, 5) is 9.04. The van der Waals surface area contributed by atoms with Crippen LogP contribution in [-0.4, -0.2) is 24.6 Å². The molecule has 0 aliphatic heterocycles. The zero-order valence-electron chi connectivity index (χ0n) is 12.1. The van der Waals surface area contributed by atoms with E-state index >= 15 is 0 Å². The van der Waals surface area contributed by atoms with Crippen molar-refractivity contribution in [3.05, 3.63) is 51.4 Å². The van der Waals surface area contributed by atoms with Gasteiger partial charge in [-0.25, -0.2) is 9.97 Å². The maximum Gasteiger partial charge on any atom is 0.184 e. The Bertz CT molecular complexity index is 1020. The monoisotopic (exact) mass is 401 g/mol. The summed E-state index contributed by atoms with van der Waals surface area (Å²) >= 11 is 2.31. The molecule has 0 radical (unpaired) electrons. The molecule has 0 saturated carbocycles. The number of pyridine rings is 1. The molecule has 0 aliphatic carbocycles. The van der Waals surface area contributed by atoms with Gasteiger partial charge in [0, 0.05) is 15.3 Å². The zero-order chi connectivity index (χ0) is 15.3. The van der Waals surface area contributed by atoms with E-state index in [0.717, 1.165) is 43.0 Å². The predicted molar refractivity (Wildman–Crippen MR) is 93.7 cm³/mol. The lowest BCUT2D eigenvalue weighted by molar-refractivity contribution is 1.10. The van der Waals surface area contributed by atoms with Gasteiger partial charge in [0.1, 0.15) is 5.52 Å². The van der Waals surface area contributed by atoms with E-state index in [4.69, 9.17) is 0 Å². The van der Waals surface area contributed by atoms with Crippen LogP contribution in [0.4, 0.5) is 0 Å². The second-order valence-electron chi connectivity index (χ2n) is 5.19. The van der Waals surface area contributed by atoms with Gasteiger partial charge in [0.05, 0.1) is 5.69 Å². The van der Waals surface area contributed by atoms with Crippen LogP contribution < -0.4 is 0 Å². The Balaban J connectivity index is 2.18. The largest absolute Gasteiger partial charge is 0.255 e. The summed E-state index contributed by atoms with van der Waals surface area (Å²) in [6.07, 6.45) is 1.77. The second kappa shape index (κ2) is 4.98. The Morgan fingerprint density at radius 3 is 2.77 bits per heavy atom. The Morgan fingerprint density at radius 1 is 1.05 bits per heavy atom. The Labute approximate surface area is 140 Å². The van der Waals surface area contributed by atoms with E-state index in [0.29, 0.717) is 0 Å². The van der Waals surface area contributed by atoms with Gasteiger partial charge in [-0.05, 0) is 66.3 Å². The summed E-state index contributed by atoms with van der Waals surface area (Å²) in [5.41, 5.74) is 5.45. The Kier molecular flexibility index (Phi) is 3.07. The molecule has 108 valence electrons. The fourth-order valence-electron chi connectivity index (χ4n) is 2.61. The highest BCUT2D eigenvalue weighted by atomic mass is 127. The van der Waals surface area contributed by atoms with E-state index in [2.05, 4.69) is 67.9 Å². The molecule has 6 heteroatoms. The molecule has 0 saturated heterocycles. The van der Waals surface area contributed by atoms with E-state index in [1.54, 1.807) is 6.20 Å². The summed E-state index contributed by atoms with van der Waals surface area (Å²) < 4.78 is 3.16. The quantitative estimate of drug-likeness (QED) is 0.458. The highest BCUT2D eigenvalue weighted by Crippen LogP contribution is 2.27. The maximum atomic E-state index is 4.56. The summed E-state index contributed by atoms with van der Waals surface area (Å²) in [5, 5.41) is 8.73. The Morgan fingerprint density at radius 2 is 1.91 bits per heavy atom. The number of benzene rings is 1. The first-order valence-corrected chi connectivity index (χ1v) is 7.96. The van der Waals surface area contributed by atoms with Crippen molar-refractivity contribution >= 4 is 39.4 Å². The first-order valence-electron chi connectivity index (χ1n) is 6.88. The van der Waals surface area contributed by atoms with Crippen LogP contribution in [0.25, 0.3) is 28.2 Å². The highest BCUT2D eigenvalue weighted by molar-refractivity contribution is 14.1. The fourth-order valence-corrected chi connectivity index (χ4v) is 3.10. The van der Waals surface area contributed by atoms with Crippen molar-refractivity contribution in [3.8, 4) is 11.4 Å². The van der Waals surface area contributed by atoms with Gasteiger partial charge in [-0.15, -0.1) is 10.2 Å². The summed E-state index contributed by atoms with van der Waals surface area (Å²) in [7, 11) is 0. The first-order chi connectivity index (χ1) is 10.6. The molecule has 5 nitrogen and oxygen atoms in total. The Hall–Kier alpha value is -2.09. The van der Waals surface area contributed by atoms with Crippen LogP contribution in [0, 0.1) is 17.4 Å². The third kappa shape index (κ3) is 1.98. The van der Waals surface area contributed by atoms with E-state index in [1.807, 2.05) is 23.5 Å². The van der Waals surface area contributed by atoms with E-state index in [1.165, 1.54) is 0 Å². The van der Waals surface area contributed by atoms with Crippen LogP contribution in [0.3, 0.4) is 0 Å². The number of hydrogen-bond donors (Lipinski definition) is 0. The van der Waals surface area contributed by atoms with Crippen LogP contribution in [-0.2, 0) is 0 Å². The minimum atomic E-state index is 0.750.